The van der Waals surface area contributed by atoms with Gasteiger partial charge in [0, 0.05) is 17.1 Å². The monoisotopic (exact) mass is 343 g/mol. The third-order valence-electron chi connectivity index (χ3n) is 3.55. The van der Waals surface area contributed by atoms with Crippen LogP contribution in [0.3, 0.4) is 0 Å². The molecule has 1 amide bonds. The second-order valence-electron chi connectivity index (χ2n) is 6.00. The fraction of sp³-hybridized carbons (Fsp3) is 0.350. The Kier molecular flexibility index (Phi) is 7.19. The van der Waals surface area contributed by atoms with E-state index in [-0.39, 0.29) is 11.9 Å². The minimum Gasteiger partial charge on any atom is -0.491 e. The third-order valence-corrected chi connectivity index (χ3v) is 4.56. The van der Waals surface area contributed by atoms with E-state index in [9.17, 15) is 4.79 Å². The van der Waals surface area contributed by atoms with Crippen LogP contribution in [0, 0.1) is 13.8 Å². The molecule has 0 spiro atoms. The summed E-state index contributed by atoms with van der Waals surface area (Å²) in [5.74, 6) is 1.67. The number of carbonyl (C=O) groups is 1. The highest BCUT2D eigenvalue weighted by Gasteiger charge is 2.08. The summed E-state index contributed by atoms with van der Waals surface area (Å²) in [7, 11) is 0. The first-order chi connectivity index (χ1) is 11.5. The van der Waals surface area contributed by atoms with Crippen molar-refractivity contribution in [1.29, 1.82) is 0 Å². The number of benzene rings is 2. The molecule has 0 saturated heterocycles. The Hall–Kier alpha value is -1.94. The zero-order chi connectivity index (χ0) is 17.4. The summed E-state index contributed by atoms with van der Waals surface area (Å²) in [6.45, 7) is 6.54. The number of rotatable bonds is 8. The highest BCUT2D eigenvalue weighted by atomic mass is 32.2. The molecular formula is C20H25NO2S. The summed E-state index contributed by atoms with van der Waals surface area (Å²) < 4.78 is 5.69. The van der Waals surface area contributed by atoms with Crippen LogP contribution in [0.25, 0.3) is 0 Å². The molecule has 0 heterocycles. The van der Waals surface area contributed by atoms with Crippen molar-refractivity contribution >= 4 is 17.7 Å². The van der Waals surface area contributed by atoms with Crippen LogP contribution in [0.15, 0.2) is 53.4 Å². The Bertz CT molecular complexity index is 638. The number of thioether (sulfide) groups is 1. The van der Waals surface area contributed by atoms with Crippen LogP contribution in [0.4, 0.5) is 0 Å². The standard InChI is InChI=1S/C20H25NO2S/c1-15-4-8-18(9-5-15)23-14-17(3)21-20(22)12-13-24-19-10-6-16(2)7-11-19/h4-11,17H,12-14H2,1-3H3,(H,21,22). The average molecular weight is 343 g/mol. The van der Waals surface area contributed by atoms with Crippen LogP contribution < -0.4 is 10.1 Å². The lowest BCUT2D eigenvalue weighted by Crippen LogP contribution is -2.36. The molecule has 0 bridgehead atoms. The fourth-order valence-electron chi connectivity index (χ4n) is 2.14. The molecule has 1 N–H and O–H groups in total. The minimum atomic E-state index is -0.0109. The smallest absolute Gasteiger partial charge is 0.221 e. The lowest BCUT2D eigenvalue weighted by molar-refractivity contribution is -0.121. The first kappa shape index (κ1) is 18.4. The van der Waals surface area contributed by atoms with Crippen molar-refractivity contribution in [2.24, 2.45) is 0 Å². The predicted molar refractivity (Wildman–Crippen MR) is 101 cm³/mol. The maximum absolute atomic E-state index is 12.0. The Morgan fingerprint density at radius 1 is 1.04 bits per heavy atom. The molecule has 2 rings (SSSR count). The molecule has 0 radical (unpaired) electrons. The molecule has 0 aliphatic heterocycles. The van der Waals surface area contributed by atoms with Crippen LogP contribution in [-0.2, 0) is 4.79 Å². The molecule has 0 aliphatic rings. The molecule has 2 aromatic rings. The molecule has 0 saturated carbocycles. The quantitative estimate of drug-likeness (QED) is 0.723. The number of ether oxygens (including phenoxy) is 1. The number of amides is 1. The predicted octanol–water partition coefficient (Wildman–Crippen LogP) is 4.37. The van der Waals surface area contributed by atoms with Gasteiger partial charge in [-0.2, -0.15) is 0 Å². The van der Waals surface area contributed by atoms with E-state index in [4.69, 9.17) is 4.74 Å². The zero-order valence-corrected chi connectivity index (χ0v) is 15.4. The van der Waals surface area contributed by atoms with Crippen LogP contribution in [-0.4, -0.2) is 24.3 Å². The highest BCUT2D eigenvalue weighted by molar-refractivity contribution is 7.99. The Balaban J connectivity index is 1.64. The summed E-state index contributed by atoms with van der Waals surface area (Å²) >= 11 is 1.70. The topological polar surface area (TPSA) is 38.3 Å². The van der Waals surface area contributed by atoms with Crippen LogP contribution >= 0.6 is 11.8 Å². The number of hydrogen-bond acceptors (Lipinski definition) is 3. The molecule has 3 nitrogen and oxygen atoms in total. The number of nitrogens with one attached hydrogen (secondary N) is 1. The van der Waals surface area contributed by atoms with Gasteiger partial charge in [-0.25, -0.2) is 0 Å². The van der Waals surface area contributed by atoms with E-state index in [0.717, 1.165) is 11.5 Å². The minimum absolute atomic E-state index is 0.0109. The van der Waals surface area contributed by atoms with Gasteiger partial charge in [-0.3, -0.25) is 4.79 Å². The van der Waals surface area contributed by atoms with E-state index in [1.165, 1.54) is 16.0 Å². The largest absolute Gasteiger partial charge is 0.491 e. The zero-order valence-electron chi connectivity index (χ0n) is 14.5. The van der Waals surface area contributed by atoms with E-state index >= 15 is 0 Å². The average Bonchev–Trinajstić information content (AvgIpc) is 2.56. The van der Waals surface area contributed by atoms with Crippen LogP contribution in [0.5, 0.6) is 5.75 Å². The van der Waals surface area contributed by atoms with Gasteiger partial charge in [0.15, 0.2) is 0 Å². The number of hydrogen-bond donors (Lipinski definition) is 1. The fourth-order valence-corrected chi connectivity index (χ4v) is 2.99. The van der Waals surface area contributed by atoms with Crippen molar-refractivity contribution in [2.75, 3.05) is 12.4 Å². The molecule has 1 unspecified atom stereocenters. The van der Waals surface area contributed by atoms with Gasteiger partial charge in [0.1, 0.15) is 12.4 Å². The van der Waals surface area contributed by atoms with E-state index in [1.54, 1.807) is 11.8 Å². The van der Waals surface area contributed by atoms with Crippen molar-refractivity contribution in [1.82, 2.24) is 5.32 Å². The molecule has 2 aromatic carbocycles. The summed E-state index contributed by atoms with van der Waals surface area (Å²) in [4.78, 5) is 13.2. The van der Waals surface area contributed by atoms with Gasteiger partial charge < -0.3 is 10.1 Å². The maximum atomic E-state index is 12.0. The molecular weight excluding hydrogens is 318 g/mol. The third kappa shape index (κ3) is 6.67. The summed E-state index contributed by atoms with van der Waals surface area (Å²) in [5, 5.41) is 2.98. The molecule has 128 valence electrons. The summed E-state index contributed by atoms with van der Waals surface area (Å²) in [6, 6.07) is 16.3. The van der Waals surface area contributed by atoms with Gasteiger partial charge >= 0.3 is 0 Å². The van der Waals surface area contributed by atoms with E-state index in [0.29, 0.717) is 13.0 Å². The molecule has 0 aromatic heterocycles. The van der Waals surface area contributed by atoms with Crippen molar-refractivity contribution < 1.29 is 9.53 Å². The van der Waals surface area contributed by atoms with Crippen LogP contribution in [0.1, 0.15) is 24.5 Å². The first-order valence-corrected chi connectivity index (χ1v) is 9.20. The summed E-state index contributed by atoms with van der Waals surface area (Å²) in [6.07, 6.45) is 0.507. The van der Waals surface area contributed by atoms with Crippen molar-refractivity contribution in [2.45, 2.75) is 38.1 Å². The number of carbonyl (C=O) groups excluding carboxylic acids is 1. The van der Waals surface area contributed by atoms with Gasteiger partial charge in [-0.15, -0.1) is 11.8 Å². The first-order valence-electron chi connectivity index (χ1n) is 8.21. The van der Waals surface area contributed by atoms with Crippen LogP contribution in [0.2, 0.25) is 0 Å². The Morgan fingerprint density at radius 2 is 1.62 bits per heavy atom. The Morgan fingerprint density at radius 3 is 2.25 bits per heavy atom. The van der Waals surface area contributed by atoms with E-state index < -0.39 is 0 Å². The second kappa shape index (κ2) is 9.38. The molecule has 0 aliphatic carbocycles. The van der Waals surface area contributed by atoms with Crippen molar-refractivity contribution in [3.05, 3.63) is 59.7 Å². The molecule has 4 heteroatoms. The van der Waals surface area contributed by atoms with E-state index in [1.807, 2.05) is 38.1 Å². The Labute approximate surface area is 148 Å². The SMILES string of the molecule is Cc1ccc(OCC(C)NC(=O)CCSc2ccc(C)cc2)cc1. The molecule has 1 atom stereocenters. The molecule has 0 fully saturated rings. The second-order valence-corrected chi connectivity index (χ2v) is 7.17. The van der Waals surface area contributed by atoms with E-state index in [2.05, 4.69) is 36.5 Å². The molecule has 24 heavy (non-hydrogen) atoms. The van der Waals surface area contributed by atoms with Gasteiger partial charge in [-0.1, -0.05) is 35.4 Å². The van der Waals surface area contributed by atoms with Gasteiger partial charge in [0.25, 0.3) is 0 Å². The highest BCUT2D eigenvalue weighted by Crippen LogP contribution is 2.19. The summed E-state index contributed by atoms with van der Waals surface area (Å²) in [5.41, 5.74) is 2.45. The lowest BCUT2D eigenvalue weighted by Gasteiger charge is -2.15. The van der Waals surface area contributed by atoms with Gasteiger partial charge in [-0.05, 0) is 45.0 Å². The van der Waals surface area contributed by atoms with Crippen molar-refractivity contribution in [3.63, 3.8) is 0 Å². The van der Waals surface area contributed by atoms with Crippen molar-refractivity contribution in [3.8, 4) is 5.75 Å². The normalized spacial score (nSPS) is 11.8. The lowest BCUT2D eigenvalue weighted by atomic mass is 10.2. The number of aryl methyl sites for hydroxylation is 2. The maximum Gasteiger partial charge on any atom is 0.221 e. The van der Waals surface area contributed by atoms with Gasteiger partial charge in [0.2, 0.25) is 5.91 Å². The van der Waals surface area contributed by atoms with Gasteiger partial charge in [0.05, 0.1) is 6.04 Å².